The first-order valence-corrected chi connectivity index (χ1v) is 1.99. The van der Waals surface area contributed by atoms with Crippen molar-refractivity contribution in [2.75, 3.05) is 19.8 Å². The van der Waals surface area contributed by atoms with E-state index in [1.54, 1.807) is 0 Å². The van der Waals surface area contributed by atoms with Crippen molar-refractivity contribution in [3.05, 3.63) is 6.92 Å². The Morgan fingerprint density at radius 2 is 2.14 bits per heavy atom. The van der Waals surface area contributed by atoms with Crippen LogP contribution in [0.1, 0.15) is 0 Å². The second-order valence-electron chi connectivity index (χ2n) is 0.901. The Morgan fingerprint density at radius 3 is 2.29 bits per heavy atom. The van der Waals surface area contributed by atoms with Gasteiger partial charge in [-0.05, 0) is 0 Å². The Labute approximate surface area is 69.7 Å². The number of nitrogens with two attached hydrogens (primary N) is 1. The molecule has 0 spiro atoms. The fourth-order valence-electron chi connectivity index (χ4n) is 0.185. The van der Waals surface area contributed by atoms with E-state index >= 15 is 0 Å². The quantitative estimate of drug-likeness (QED) is 0.478. The molecule has 0 fully saturated rings. The minimum absolute atomic E-state index is 0. The normalized spacial score (nSPS) is 7.71. The summed E-state index contributed by atoms with van der Waals surface area (Å²) in [6, 6.07) is 0. The van der Waals surface area contributed by atoms with E-state index in [9.17, 15) is 0 Å². The second-order valence-corrected chi connectivity index (χ2v) is 0.901. The minimum atomic E-state index is 0. The van der Waals surface area contributed by atoms with Crippen LogP contribution in [0.2, 0.25) is 0 Å². The average Bonchev–Trinajstić information content (AvgIpc) is 1.61. The van der Waals surface area contributed by atoms with Gasteiger partial charge in [-0.3, -0.25) is 0 Å². The monoisotopic (exact) mass is 177 g/mol. The molecule has 0 rings (SSSR count). The van der Waals surface area contributed by atoms with Crippen LogP contribution in [-0.2, 0) is 37.4 Å². The Hall–Kier alpha value is 1.02. The summed E-state index contributed by atoms with van der Waals surface area (Å²) < 4.78 is 4.75. The average molecular weight is 177 g/mol. The Bertz CT molecular complexity index is 23.7. The van der Waals surface area contributed by atoms with Gasteiger partial charge in [0.1, 0.15) is 0 Å². The van der Waals surface area contributed by atoms with Gasteiger partial charge in [-0.2, -0.15) is 0 Å². The molecule has 0 heterocycles. The van der Waals surface area contributed by atoms with Crippen molar-refractivity contribution in [1.82, 2.24) is 0 Å². The van der Waals surface area contributed by atoms with Crippen LogP contribution in [0.15, 0.2) is 0 Å². The maximum Gasteiger partial charge on any atom is 0.0553 e. The fraction of sp³-hybridized carbons (Fsp3) is 0.750. The summed E-state index contributed by atoms with van der Waals surface area (Å²) in [5.74, 6) is 0. The first kappa shape index (κ1) is 10.9. The summed E-state index contributed by atoms with van der Waals surface area (Å²) in [4.78, 5) is 0. The van der Waals surface area contributed by atoms with Crippen LogP contribution in [0, 0.1) is 6.92 Å². The maximum absolute atomic E-state index is 5.06. The van der Waals surface area contributed by atoms with E-state index < -0.39 is 0 Å². The van der Waals surface area contributed by atoms with Crippen molar-refractivity contribution in [2.45, 2.75) is 0 Å². The first-order chi connectivity index (χ1) is 2.91. The third kappa shape index (κ3) is 10.9. The predicted molar refractivity (Wildman–Crippen MR) is 25.2 cm³/mol. The molecule has 1 radical (unpaired) electrons. The van der Waals surface area contributed by atoms with Crippen LogP contribution in [0.25, 0.3) is 0 Å². The molecular formula is C4H10NOY-. The molecule has 0 saturated carbocycles. The Balaban J connectivity index is 0. The molecule has 7 heavy (non-hydrogen) atoms. The molecule has 3 heteroatoms. The van der Waals surface area contributed by atoms with Gasteiger partial charge in [0.05, 0.1) is 6.61 Å². The number of ether oxygens (including phenoxy) is 1. The zero-order valence-electron chi connectivity index (χ0n) is 4.39. The zero-order valence-corrected chi connectivity index (χ0v) is 7.23. The molecule has 0 aliphatic heterocycles. The molecule has 0 atom stereocenters. The van der Waals surface area contributed by atoms with Crippen molar-refractivity contribution in [3.8, 4) is 0 Å². The molecule has 0 aromatic rings. The van der Waals surface area contributed by atoms with Gasteiger partial charge >= 0.3 is 0 Å². The Kier molecular flexibility index (Phi) is 15.7. The molecule has 41 valence electrons. The van der Waals surface area contributed by atoms with Gasteiger partial charge in [0.15, 0.2) is 0 Å². The van der Waals surface area contributed by atoms with E-state index in [0.717, 1.165) is 0 Å². The van der Waals surface area contributed by atoms with E-state index in [1.165, 1.54) is 0 Å². The first-order valence-electron chi connectivity index (χ1n) is 1.99. The minimum Gasteiger partial charge on any atom is -0.412 e. The molecule has 0 bridgehead atoms. The predicted octanol–water partition coefficient (Wildman–Crippen LogP) is -0.207. The molecule has 2 N–H and O–H groups in total. The van der Waals surface area contributed by atoms with E-state index in [2.05, 4.69) is 6.92 Å². The SMILES string of the molecule is [CH2-]COCCN.[Y]. The van der Waals surface area contributed by atoms with Crippen molar-refractivity contribution in [3.63, 3.8) is 0 Å². The summed E-state index contributed by atoms with van der Waals surface area (Å²) in [6.07, 6.45) is 0. The number of rotatable bonds is 3. The van der Waals surface area contributed by atoms with Crippen LogP contribution in [0.4, 0.5) is 0 Å². The van der Waals surface area contributed by atoms with Gasteiger partial charge in [-0.25, -0.2) is 0 Å². The van der Waals surface area contributed by atoms with Gasteiger partial charge in [0.25, 0.3) is 0 Å². The van der Waals surface area contributed by atoms with Crippen LogP contribution >= 0.6 is 0 Å². The topological polar surface area (TPSA) is 35.2 Å². The van der Waals surface area contributed by atoms with Crippen LogP contribution in [-0.4, -0.2) is 19.8 Å². The molecular weight excluding hydrogens is 167 g/mol. The van der Waals surface area contributed by atoms with E-state index in [-0.39, 0.29) is 32.7 Å². The number of hydrogen-bond acceptors (Lipinski definition) is 2. The summed E-state index contributed by atoms with van der Waals surface area (Å²) in [7, 11) is 0. The fourth-order valence-corrected chi connectivity index (χ4v) is 0.185. The zero-order chi connectivity index (χ0) is 4.83. The van der Waals surface area contributed by atoms with E-state index in [4.69, 9.17) is 10.5 Å². The molecule has 0 amide bonds. The van der Waals surface area contributed by atoms with Crippen LogP contribution in [0.3, 0.4) is 0 Å². The smallest absolute Gasteiger partial charge is 0.0553 e. The third-order valence-electron chi connectivity index (χ3n) is 0.407. The van der Waals surface area contributed by atoms with E-state index in [1.807, 2.05) is 0 Å². The van der Waals surface area contributed by atoms with Crippen molar-refractivity contribution < 1.29 is 37.4 Å². The third-order valence-corrected chi connectivity index (χ3v) is 0.407. The molecule has 0 aliphatic carbocycles. The maximum atomic E-state index is 5.06. The largest absolute Gasteiger partial charge is 0.412 e. The molecule has 0 aromatic carbocycles. The van der Waals surface area contributed by atoms with E-state index in [0.29, 0.717) is 19.8 Å². The summed E-state index contributed by atoms with van der Waals surface area (Å²) in [6.45, 7) is 5.19. The standard InChI is InChI=1S/C4H10NO.Y/c1-2-6-4-3-5;/h1-5H2;/q-1;. The van der Waals surface area contributed by atoms with Crippen LogP contribution < -0.4 is 5.73 Å². The summed E-state index contributed by atoms with van der Waals surface area (Å²) in [5, 5.41) is 0. The molecule has 0 aliphatic rings. The molecule has 0 unspecified atom stereocenters. The van der Waals surface area contributed by atoms with Gasteiger partial charge in [-0.15, -0.1) is 0 Å². The van der Waals surface area contributed by atoms with Gasteiger partial charge in [-0.1, -0.05) is 6.61 Å². The van der Waals surface area contributed by atoms with Crippen molar-refractivity contribution in [1.29, 1.82) is 0 Å². The molecule has 0 aromatic heterocycles. The van der Waals surface area contributed by atoms with Gasteiger partial charge < -0.3 is 17.4 Å². The van der Waals surface area contributed by atoms with Gasteiger partial charge in [0.2, 0.25) is 0 Å². The molecule has 2 nitrogen and oxygen atoms in total. The van der Waals surface area contributed by atoms with Crippen molar-refractivity contribution in [2.24, 2.45) is 5.73 Å². The van der Waals surface area contributed by atoms with Crippen molar-refractivity contribution >= 4 is 0 Å². The summed E-state index contributed by atoms with van der Waals surface area (Å²) in [5.41, 5.74) is 5.06. The van der Waals surface area contributed by atoms with Gasteiger partial charge in [0, 0.05) is 39.3 Å². The molecule has 0 saturated heterocycles. The number of hydrogen-bond donors (Lipinski definition) is 1. The summed E-state index contributed by atoms with van der Waals surface area (Å²) >= 11 is 0. The van der Waals surface area contributed by atoms with Crippen LogP contribution in [0.5, 0.6) is 0 Å². The second kappa shape index (κ2) is 10.1. The Morgan fingerprint density at radius 1 is 1.57 bits per heavy atom.